The lowest BCUT2D eigenvalue weighted by Gasteiger charge is -2.08. The van der Waals surface area contributed by atoms with E-state index in [0.717, 1.165) is 24.5 Å². The Morgan fingerprint density at radius 2 is 2.00 bits per heavy atom. The third-order valence-corrected chi connectivity index (χ3v) is 5.82. The van der Waals surface area contributed by atoms with Crippen molar-refractivity contribution in [2.45, 2.75) is 4.90 Å². The Balaban J connectivity index is 2.84. The molecule has 2 heterocycles. The smallest absolute Gasteiger partial charge is 0.282 e. The molecule has 0 aliphatic carbocycles. The summed E-state index contributed by atoms with van der Waals surface area (Å²) in [4.78, 5) is 11.5. The molecule has 0 aliphatic heterocycles. The molecule has 2 aromatic heterocycles. The Labute approximate surface area is 126 Å². The quantitative estimate of drug-likeness (QED) is 0.881. The zero-order valence-corrected chi connectivity index (χ0v) is 12.9. The molecule has 0 bridgehead atoms. The molecule has 0 spiro atoms. The second-order valence-electron chi connectivity index (χ2n) is 3.66. The summed E-state index contributed by atoms with van der Waals surface area (Å²) in [5.41, 5.74) is -1.81. The molecule has 0 amide bonds. The van der Waals surface area contributed by atoms with Gasteiger partial charge in [-0.3, -0.25) is 9.98 Å². The maximum absolute atomic E-state index is 13.5. The highest BCUT2D eigenvalue weighted by Gasteiger charge is 2.25. The van der Waals surface area contributed by atoms with Crippen molar-refractivity contribution in [1.29, 1.82) is 5.41 Å². The highest BCUT2D eigenvalue weighted by atomic mass is 35.5. The van der Waals surface area contributed by atoms with Gasteiger partial charge < -0.3 is 0 Å². The van der Waals surface area contributed by atoms with E-state index in [2.05, 4.69) is 0 Å². The van der Waals surface area contributed by atoms with Crippen molar-refractivity contribution in [1.82, 2.24) is 8.54 Å². The van der Waals surface area contributed by atoms with E-state index in [1.807, 2.05) is 0 Å². The Kier molecular flexibility index (Phi) is 3.80. The summed E-state index contributed by atoms with van der Waals surface area (Å²) in [6.45, 7) is 0. The van der Waals surface area contributed by atoms with E-state index in [9.17, 15) is 17.6 Å². The lowest BCUT2D eigenvalue weighted by molar-refractivity contribution is 0.534. The van der Waals surface area contributed by atoms with Crippen LogP contribution in [0.5, 0.6) is 0 Å². The third-order valence-electron chi connectivity index (χ3n) is 2.43. The lowest BCUT2D eigenvalue weighted by Crippen LogP contribution is -2.41. The molecule has 0 aliphatic rings. The molecule has 0 saturated heterocycles. The van der Waals surface area contributed by atoms with E-state index in [-0.39, 0.29) is 12.6 Å². The first-order valence-electron chi connectivity index (χ1n) is 4.89. The van der Waals surface area contributed by atoms with E-state index >= 15 is 0 Å². The molecule has 20 heavy (non-hydrogen) atoms. The number of halogens is 3. The van der Waals surface area contributed by atoms with E-state index in [1.54, 1.807) is 0 Å². The Bertz CT molecular complexity index is 913. The number of nitrogens with zero attached hydrogens (tertiary/aromatic N) is 2. The average molecular weight is 358 g/mol. The first kappa shape index (κ1) is 15.2. The molecule has 0 atom stereocenters. The van der Waals surface area contributed by atoms with Crippen LogP contribution in [0.2, 0.25) is 8.67 Å². The minimum Gasteiger partial charge on any atom is -0.282 e. The highest BCUT2D eigenvalue weighted by Crippen LogP contribution is 2.34. The van der Waals surface area contributed by atoms with Crippen LogP contribution in [0.3, 0.4) is 0 Å². The number of thiophene rings is 1. The van der Waals surface area contributed by atoms with Crippen molar-refractivity contribution in [3.05, 3.63) is 42.7 Å². The molecule has 1 N–H and O–H groups in total. The van der Waals surface area contributed by atoms with Crippen molar-refractivity contribution in [2.75, 3.05) is 0 Å². The van der Waals surface area contributed by atoms with E-state index in [1.165, 1.54) is 0 Å². The van der Waals surface area contributed by atoms with Gasteiger partial charge in [-0.2, -0.15) is 3.97 Å². The van der Waals surface area contributed by atoms with Gasteiger partial charge in [-0.15, -0.1) is 11.3 Å². The molecular weight excluding hydrogens is 352 g/mol. The van der Waals surface area contributed by atoms with Crippen LogP contribution in [0.1, 0.15) is 0 Å². The predicted molar refractivity (Wildman–Crippen MR) is 72.4 cm³/mol. The molecule has 0 fully saturated rings. The van der Waals surface area contributed by atoms with E-state index in [4.69, 9.17) is 28.6 Å². The zero-order chi connectivity index (χ0) is 15.2. The Morgan fingerprint density at radius 1 is 1.40 bits per heavy atom. The first-order chi connectivity index (χ1) is 9.16. The van der Waals surface area contributed by atoms with Crippen LogP contribution in [0.4, 0.5) is 4.39 Å². The summed E-state index contributed by atoms with van der Waals surface area (Å²) in [6.07, 6.45) is 0.432. The zero-order valence-electron chi connectivity index (χ0n) is 9.72. The van der Waals surface area contributed by atoms with Crippen LogP contribution >= 0.6 is 34.5 Å². The van der Waals surface area contributed by atoms with Gasteiger partial charge >= 0.3 is 5.69 Å². The summed E-state index contributed by atoms with van der Waals surface area (Å²) in [7, 11) is -3.30. The standard InChI is InChI=1S/C9H6Cl2FN3O3S2/c1-14-8(13)4(12)3-15(9(14)16)20(17,18)5-2-6(10)19-7(5)11/h2-3,13H,1H3. The van der Waals surface area contributed by atoms with Crippen LogP contribution in [-0.4, -0.2) is 17.0 Å². The van der Waals surface area contributed by atoms with Crippen molar-refractivity contribution in [3.8, 4) is 0 Å². The summed E-state index contributed by atoms with van der Waals surface area (Å²) in [6, 6.07) is 1.07. The predicted octanol–water partition coefficient (Wildman–Crippen LogP) is 1.41. The molecule has 2 aromatic rings. The summed E-state index contributed by atoms with van der Waals surface area (Å²) in [5.74, 6) is -1.16. The maximum atomic E-state index is 13.5. The largest absolute Gasteiger partial charge is 0.343 e. The number of hydrogen-bond acceptors (Lipinski definition) is 5. The van der Waals surface area contributed by atoms with Crippen LogP contribution in [0, 0.1) is 11.2 Å². The normalized spacial score (nSPS) is 11.8. The van der Waals surface area contributed by atoms with Gasteiger partial charge in [0.2, 0.25) is 0 Å². The fourth-order valence-corrected chi connectivity index (χ4v) is 4.79. The van der Waals surface area contributed by atoms with Gasteiger partial charge in [-0.1, -0.05) is 23.2 Å². The van der Waals surface area contributed by atoms with Gasteiger partial charge in [-0.25, -0.2) is 17.6 Å². The second kappa shape index (κ2) is 4.99. The molecule has 6 nitrogen and oxygen atoms in total. The average Bonchev–Trinajstić information content (AvgIpc) is 2.71. The van der Waals surface area contributed by atoms with Crippen LogP contribution < -0.4 is 11.2 Å². The monoisotopic (exact) mass is 357 g/mol. The fraction of sp³-hybridized carbons (Fsp3) is 0.111. The van der Waals surface area contributed by atoms with Crippen molar-refractivity contribution < 1.29 is 12.8 Å². The highest BCUT2D eigenvalue weighted by molar-refractivity contribution is 7.90. The molecule has 108 valence electrons. The third kappa shape index (κ3) is 2.30. The minimum absolute atomic E-state index is 0.114. The van der Waals surface area contributed by atoms with Gasteiger partial charge in [0.05, 0.1) is 10.5 Å². The summed E-state index contributed by atoms with van der Waals surface area (Å²) in [5, 5.41) is 7.27. The van der Waals surface area contributed by atoms with E-state index in [0.29, 0.717) is 10.8 Å². The second-order valence-corrected chi connectivity index (χ2v) is 7.73. The van der Waals surface area contributed by atoms with Crippen molar-refractivity contribution in [2.24, 2.45) is 7.05 Å². The summed E-state index contributed by atoms with van der Waals surface area (Å²) >= 11 is 12.2. The molecule has 0 aromatic carbocycles. The molecule has 0 radical (unpaired) electrons. The van der Waals surface area contributed by atoms with Gasteiger partial charge in [0.1, 0.15) is 9.23 Å². The van der Waals surface area contributed by atoms with Crippen molar-refractivity contribution >= 4 is 44.6 Å². The summed E-state index contributed by atoms with van der Waals surface area (Å²) < 4.78 is 38.8. The molecule has 11 heteroatoms. The van der Waals surface area contributed by atoms with Gasteiger partial charge in [-0.05, 0) is 6.07 Å². The first-order valence-corrected chi connectivity index (χ1v) is 7.90. The maximum Gasteiger partial charge on any atom is 0.343 e. The van der Waals surface area contributed by atoms with Crippen molar-refractivity contribution in [3.63, 3.8) is 0 Å². The van der Waals surface area contributed by atoms with Crippen LogP contribution in [-0.2, 0) is 17.1 Å². The lowest BCUT2D eigenvalue weighted by atomic mass is 10.6. The fourth-order valence-electron chi connectivity index (χ4n) is 1.40. The number of aromatic nitrogens is 2. The van der Waals surface area contributed by atoms with Gasteiger partial charge in [0.15, 0.2) is 11.3 Å². The van der Waals surface area contributed by atoms with Crippen LogP contribution in [0.25, 0.3) is 0 Å². The number of hydrogen-bond donors (Lipinski definition) is 1. The minimum atomic E-state index is -4.39. The van der Waals surface area contributed by atoms with Gasteiger partial charge in [0.25, 0.3) is 10.0 Å². The number of rotatable bonds is 2. The topological polar surface area (TPSA) is 84.9 Å². The molecular formula is C9H6Cl2FN3O3S2. The Morgan fingerprint density at radius 3 is 2.50 bits per heavy atom. The molecule has 0 saturated carbocycles. The van der Waals surface area contributed by atoms with Gasteiger partial charge in [0, 0.05) is 7.05 Å². The molecule has 2 rings (SSSR count). The Hall–Kier alpha value is -1.16. The molecule has 0 unspecified atom stereocenters. The SMILES string of the molecule is Cn1c(=N)c(F)cn(S(=O)(=O)c2cc(Cl)sc2Cl)c1=O. The van der Waals surface area contributed by atoms with Crippen LogP contribution in [0.15, 0.2) is 22.0 Å². The van der Waals surface area contributed by atoms with E-state index < -0.39 is 31.9 Å². The number of nitrogens with one attached hydrogen (secondary N) is 1.